The molecule has 126 valence electrons. The zero-order valence-corrected chi connectivity index (χ0v) is 14.2. The molecule has 2 aliphatic rings. The number of imide groups is 1. The molecule has 0 radical (unpaired) electrons. The Morgan fingerprint density at radius 2 is 1.96 bits per heavy atom. The molecule has 0 bridgehead atoms. The molecule has 0 spiro atoms. The number of hydrogen-bond donors (Lipinski definition) is 0. The maximum Gasteiger partial charge on any atom is 0.294 e. The van der Waals surface area contributed by atoms with Crippen molar-refractivity contribution in [2.45, 2.75) is 12.8 Å². The van der Waals surface area contributed by atoms with Gasteiger partial charge in [0.05, 0.1) is 12.0 Å². The van der Waals surface area contributed by atoms with Gasteiger partial charge in [-0.15, -0.1) is 0 Å². The minimum absolute atomic E-state index is 0.173. The van der Waals surface area contributed by atoms with Gasteiger partial charge in [0.15, 0.2) is 0 Å². The summed E-state index contributed by atoms with van der Waals surface area (Å²) in [7, 11) is 1.55. The standard InChI is InChI=1S/C17H18N2O4S/c1-23-13-7-3-2-6-12(13)10-14-16(21)19(17(22)24-14)11-15(20)18-8-4-5-9-18/h2-3,6-7,10H,4-5,8-9,11H2,1H3/b14-10-. The van der Waals surface area contributed by atoms with E-state index in [-0.39, 0.29) is 12.5 Å². The van der Waals surface area contributed by atoms with Gasteiger partial charge < -0.3 is 9.64 Å². The number of methoxy groups -OCH3 is 1. The van der Waals surface area contributed by atoms with Crippen LogP contribution in [-0.2, 0) is 9.59 Å². The van der Waals surface area contributed by atoms with Crippen LogP contribution >= 0.6 is 11.8 Å². The number of likely N-dealkylation sites (tertiary alicyclic amines) is 1. The Bertz CT molecular complexity index is 710. The second-order valence-electron chi connectivity index (χ2n) is 5.60. The molecule has 0 aromatic heterocycles. The first kappa shape index (κ1) is 16.6. The first-order valence-electron chi connectivity index (χ1n) is 7.76. The predicted molar refractivity (Wildman–Crippen MR) is 91.5 cm³/mol. The first-order chi connectivity index (χ1) is 11.6. The van der Waals surface area contributed by atoms with Crippen molar-refractivity contribution in [3.05, 3.63) is 34.7 Å². The number of para-hydroxylation sites is 1. The van der Waals surface area contributed by atoms with Crippen molar-refractivity contribution in [3.63, 3.8) is 0 Å². The molecule has 0 atom stereocenters. The Balaban J connectivity index is 1.76. The number of ether oxygens (including phenoxy) is 1. The van der Waals surface area contributed by atoms with Crippen LogP contribution in [0.25, 0.3) is 6.08 Å². The van der Waals surface area contributed by atoms with E-state index in [0.717, 1.165) is 35.1 Å². The fraction of sp³-hybridized carbons (Fsp3) is 0.353. The number of carbonyl (C=O) groups excluding carboxylic acids is 3. The van der Waals surface area contributed by atoms with Gasteiger partial charge >= 0.3 is 0 Å². The quantitative estimate of drug-likeness (QED) is 0.783. The molecule has 0 N–H and O–H groups in total. The number of thioether (sulfide) groups is 1. The molecule has 3 amide bonds. The van der Waals surface area contributed by atoms with Crippen molar-refractivity contribution in [2.75, 3.05) is 26.7 Å². The molecule has 2 fully saturated rings. The second kappa shape index (κ2) is 7.09. The molecular weight excluding hydrogens is 328 g/mol. The summed E-state index contributed by atoms with van der Waals surface area (Å²) in [6, 6.07) is 7.25. The van der Waals surface area contributed by atoms with Crippen LogP contribution in [0.2, 0.25) is 0 Å². The number of nitrogens with zero attached hydrogens (tertiary/aromatic N) is 2. The number of rotatable bonds is 4. The summed E-state index contributed by atoms with van der Waals surface area (Å²) < 4.78 is 5.25. The molecular formula is C17H18N2O4S. The average molecular weight is 346 g/mol. The highest BCUT2D eigenvalue weighted by molar-refractivity contribution is 8.18. The Kier molecular flexibility index (Phi) is 4.89. The average Bonchev–Trinajstić information content (AvgIpc) is 3.20. The minimum Gasteiger partial charge on any atom is -0.496 e. The van der Waals surface area contributed by atoms with Gasteiger partial charge in [-0.2, -0.15) is 0 Å². The molecule has 3 rings (SSSR count). The van der Waals surface area contributed by atoms with E-state index in [4.69, 9.17) is 4.74 Å². The van der Waals surface area contributed by atoms with Crippen LogP contribution in [0.5, 0.6) is 5.75 Å². The second-order valence-corrected chi connectivity index (χ2v) is 6.59. The molecule has 2 saturated heterocycles. The third kappa shape index (κ3) is 3.31. The Hall–Kier alpha value is -2.28. The largest absolute Gasteiger partial charge is 0.496 e. The Morgan fingerprint density at radius 1 is 1.25 bits per heavy atom. The summed E-state index contributed by atoms with van der Waals surface area (Å²) in [6.45, 7) is 1.21. The number of amides is 3. The van der Waals surface area contributed by atoms with Crippen molar-refractivity contribution in [2.24, 2.45) is 0 Å². The molecule has 0 aliphatic carbocycles. The normalized spacial score (nSPS) is 19.5. The summed E-state index contributed by atoms with van der Waals surface area (Å²) >= 11 is 0.853. The van der Waals surface area contributed by atoms with Crippen molar-refractivity contribution >= 4 is 34.9 Å². The predicted octanol–water partition coefficient (Wildman–Crippen LogP) is 2.35. The molecule has 2 heterocycles. The number of hydrogen-bond acceptors (Lipinski definition) is 5. The highest BCUT2D eigenvalue weighted by Crippen LogP contribution is 2.33. The van der Waals surface area contributed by atoms with Gasteiger partial charge in [-0.3, -0.25) is 19.3 Å². The van der Waals surface area contributed by atoms with Gasteiger partial charge in [0.2, 0.25) is 5.91 Å². The maximum atomic E-state index is 12.5. The molecule has 0 unspecified atom stereocenters. The molecule has 1 aromatic rings. The van der Waals surface area contributed by atoms with Crippen LogP contribution in [-0.4, -0.2) is 53.6 Å². The van der Waals surface area contributed by atoms with Crippen LogP contribution in [0.15, 0.2) is 29.2 Å². The molecule has 7 heteroatoms. The van der Waals surface area contributed by atoms with E-state index in [1.54, 1.807) is 24.2 Å². The van der Waals surface area contributed by atoms with Crippen LogP contribution in [0.3, 0.4) is 0 Å². The zero-order valence-electron chi connectivity index (χ0n) is 13.4. The summed E-state index contributed by atoms with van der Waals surface area (Å²) in [4.78, 5) is 39.8. The third-order valence-electron chi connectivity index (χ3n) is 4.05. The van der Waals surface area contributed by atoms with E-state index < -0.39 is 11.1 Å². The van der Waals surface area contributed by atoms with Crippen LogP contribution in [0.4, 0.5) is 4.79 Å². The van der Waals surface area contributed by atoms with Crippen molar-refractivity contribution in [1.29, 1.82) is 0 Å². The summed E-state index contributed by atoms with van der Waals surface area (Å²) in [5, 5.41) is -0.409. The van der Waals surface area contributed by atoms with Crippen molar-refractivity contribution < 1.29 is 19.1 Å². The maximum absolute atomic E-state index is 12.5. The van der Waals surface area contributed by atoms with Crippen molar-refractivity contribution in [1.82, 2.24) is 9.80 Å². The van der Waals surface area contributed by atoms with E-state index >= 15 is 0 Å². The van der Waals surface area contributed by atoms with Gasteiger partial charge in [-0.05, 0) is 36.7 Å². The lowest BCUT2D eigenvalue weighted by molar-refractivity contribution is -0.135. The lowest BCUT2D eigenvalue weighted by atomic mass is 10.2. The lowest BCUT2D eigenvalue weighted by Gasteiger charge is -2.18. The smallest absolute Gasteiger partial charge is 0.294 e. The number of benzene rings is 1. The highest BCUT2D eigenvalue weighted by Gasteiger charge is 2.37. The number of carbonyl (C=O) groups is 3. The first-order valence-corrected chi connectivity index (χ1v) is 8.58. The van der Waals surface area contributed by atoms with E-state index in [9.17, 15) is 14.4 Å². The topological polar surface area (TPSA) is 66.9 Å². The van der Waals surface area contributed by atoms with Gasteiger partial charge in [-0.25, -0.2) is 0 Å². The monoisotopic (exact) mass is 346 g/mol. The summed E-state index contributed by atoms with van der Waals surface area (Å²) in [6.07, 6.45) is 3.58. The van der Waals surface area contributed by atoms with E-state index in [0.29, 0.717) is 23.7 Å². The molecule has 6 nitrogen and oxygen atoms in total. The van der Waals surface area contributed by atoms with Gasteiger partial charge in [0.25, 0.3) is 11.1 Å². The minimum atomic E-state index is -0.427. The van der Waals surface area contributed by atoms with Crippen LogP contribution < -0.4 is 4.74 Å². The highest BCUT2D eigenvalue weighted by atomic mass is 32.2. The molecule has 1 aromatic carbocycles. The van der Waals surface area contributed by atoms with Gasteiger partial charge in [-0.1, -0.05) is 18.2 Å². The van der Waals surface area contributed by atoms with Gasteiger partial charge in [0, 0.05) is 18.7 Å². The summed E-state index contributed by atoms with van der Waals surface area (Å²) in [5.74, 6) is 0.0224. The van der Waals surface area contributed by atoms with Gasteiger partial charge in [0.1, 0.15) is 12.3 Å². The third-order valence-corrected chi connectivity index (χ3v) is 4.96. The lowest BCUT2D eigenvalue weighted by Crippen LogP contribution is -2.40. The fourth-order valence-electron chi connectivity index (χ4n) is 2.76. The van der Waals surface area contributed by atoms with Crippen LogP contribution in [0.1, 0.15) is 18.4 Å². The Morgan fingerprint density at radius 3 is 2.67 bits per heavy atom. The SMILES string of the molecule is COc1ccccc1/C=C1\SC(=O)N(CC(=O)N2CCCC2)C1=O. The van der Waals surface area contributed by atoms with E-state index in [2.05, 4.69) is 0 Å². The van der Waals surface area contributed by atoms with Crippen molar-refractivity contribution in [3.8, 4) is 5.75 Å². The molecule has 0 saturated carbocycles. The zero-order chi connectivity index (χ0) is 17.1. The van der Waals surface area contributed by atoms with Crippen LogP contribution in [0, 0.1) is 0 Å². The van der Waals surface area contributed by atoms with E-state index in [1.165, 1.54) is 0 Å². The molecule has 2 aliphatic heterocycles. The fourth-order valence-corrected chi connectivity index (χ4v) is 3.59. The Labute approximate surface area is 144 Å². The summed E-state index contributed by atoms with van der Waals surface area (Å²) in [5.41, 5.74) is 0.719. The molecule has 24 heavy (non-hydrogen) atoms. The van der Waals surface area contributed by atoms with E-state index in [1.807, 2.05) is 18.2 Å².